The van der Waals surface area contributed by atoms with Crippen molar-refractivity contribution in [3.05, 3.63) is 187 Å². The first-order valence-corrected chi connectivity index (χ1v) is 19.6. The average Bonchev–Trinajstić information content (AvgIpc) is 3.59. The van der Waals surface area contributed by atoms with Crippen molar-refractivity contribution >= 4 is 49.2 Å². The molecule has 0 aliphatic heterocycles. The first-order valence-electron chi connectivity index (χ1n) is 19.6. The molecule has 10 aromatic rings. The van der Waals surface area contributed by atoms with Gasteiger partial charge in [0.2, 0.25) is 0 Å². The highest BCUT2D eigenvalue weighted by atomic mass is 14.9. The molecule has 2 nitrogen and oxygen atoms in total. The Balaban J connectivity index is 1.11. The molecule has 260 valence electrons. The Bertz CT molecular complexity index is 3290. The highest BCUT2D eigenvalue weighted by Crippen LogP contribution is 2.51. The molecule has 0 N–H and O–H groups in total. The zero-order chi connectivity index (χ0) is 36.7. The van der Waals surface area contributed by atoms with E-state index in [4.69, 9.17) is 9.97 Å². The summed E-state index contributed by atoms with van der Waals surface area (Å²) in [5, 5.41) is 10.1. The van der Waals surface area contributed by atoms with Crippen molar-refractivity contribution < 1.29 is 0 Å². The smallest absolute Gasteiger partial charge is 0.160 e. The minimum Gasteiger partial charge on any atom is -0.227 e. The Morgan fingerprint density at radius 2 is 1.02 bits per heavy atom. The van der Waals surface area contributed by atoms with E-state index in [2.05, 4.69) is 176 Å². The summed E-state index contributed by atoms with van der Waals surface area (Å²) in [7, 11) is 0. The van der Waals surface area contributed by atoms with Crippen LogP contribution in [0.2, 0.25) is 0 Å². The number of nitrogens with zero attached hydrogens (tertiary/aromatic N) is 2. The molecule has 9 aromatic carbocycles. The van der Waals surface area contributed by atoms with Gasteiger partial charge in [0.25, 0.3) is 0 Å². The van der Waals surface area contributed by atoms with Crippen LogP contribution in [-0.2, 0) is 6.42 Å². The number of aromatic nitrogens is 2. The van der Waals surface area contributed by atoms with Crippen LogP contribution in [-0.4, -0.2) is 9.97 Å². The molecule has 1 heterocycles. The molecule has 12 rings (SSSR count). The standard InChI is InChI=1S/C54H34N2/c1-2-14-34(15-3-1)54-55-52(51-45-28-11-18-33-19-12-29-46(48(33)45)53(51)56-54)39-22-10-21-38(31-39)49-40-23-6-8-25-42(40)50(43-26-9-7-24-41(43)49)44-27-13-20-37-30-35-16-4-5-17-36(35)32-47(37)44/h1-6,8-23,25-32H,7,24H2. The van der Waals surface area contributed by atoms with Crippen LogP contribution in [0, 0.1) is 0 Å². The zero-order valence-electron chi connectivity index (χ0n) is 30.6. The molecule has 0 unspecified atom stereocenters. The first kappa shape index (κ1) is 31.2. The second-order valence-electron chi connectivity index (χ2n) is 15.1. The lowest BCUT2D eigenvalue weighted by Gasteiger charge is -2.24. The van der Waals surface area contributed by atoms with Gasteiger partial charge in [-0.05, 0) is 113 Å². The predicted molar refractivity (Wildman–Crippen MR) is 236 cm³/mol. The summed E-state index contributed by atoms with van der Waals surface area (Å²) in [6.07, 6.45) is 6.74. The molecule has 0 radical (unpaired) electrons. The van der Waals surface area contributed by atoms with Crippen LogP contribution in [0.4, 0.5) is 0 Å². The Labute approximate surface area is 325 Å². The lowest BCUT2D eigenvalue weighted by Crippen LogP contribution is -2.03. The highest BCUT2D eigenvalue weighted by molar-refractivity contribution is 6.18. The van der Waals surface area contributed by atoms with Crippen molar-refractivity contribution in [2.75, 3.05) is 0 Å². The van der Waals surface area contributed by atoms with E-state index < -0.39 is 0 Å². The minimum absolute atomic E-state index is 0.745. The summed E-state index contributed by atoms with van der Waals surface area (Å²) in [4.78, 5) is 10.7. The summed E-state index contributed by atoms with van der Waals surface area (Å²) in [6.45, 7) is 0. The third kappa shape index (κ3) is 4.63. The Kier molecular flexibility index (Phi) is 6.79. The van der Waals surface area contributed by atoms with Crippen LogP contribution >= 0.6 is 0 Å². The Hall–Kier alpha value is -7.16. The van der Waals surface area contributed by atoms with Crippen LogP contribution in [0.25, 0.3) is 116 Å². The largest absolute Gasteiger partial charge is 0.227 e. The van der Waals surface area contributed by atoms with E-state index in [1.54, 1.807) is 0 Å². The fourth-order valence-electron chi connectivity index (χ4n) is 9.59. The molecule has 0 amide bonds. The molecule has 2 aliphatic carbocycles. The number of hydrogen-bond donors (Lipinski definition) is 0. The van der Waals surface area contributed by atoms with E-state index in [9.17, 15) is 0 Å². The van der Waals surface area contributed by atoms with E-state index in [0.29, 0.717) is 0 Å². The van der Waals surface area contributed by atoms with Crippen molar-refractivity contribution in [1.82, 2.24) is 9.97 Å². The number of hydrogen-bond acceptors (Lipinski definition) is 2. The molecule has 0 saturated heterocycles. The van der Waals surface area contributed by atoms with Crippen molar-refractivity contribution in [2.24, 2.45) is 0 Å². The van der Waals surface area contributed by atoms with Gasteiger partial charge < -0.3 is 0 Å². The summed E-state index contributed by atoms with van der Waals surface area (Å²) < 4.78 is 0. The molecule has 0 spiro atoms. The van der Waals surface area contributed by atoms with Crippen molar-refractivity contribution in [1.29, 1.82) is 0 Å². The van der Waals surface area contributed by atoms with Gasteiger partial charge in [-0.15, -0.1) is 0 Å². The lowest BCUT2D eigenvalue weighted by atomic mass is 9.79. The van der Waals surface area contributed by atoms with Gasteiger partial charge >= 0.3 is 0 Å². The zero-order valence-corrected chi connectivity index (χ0v) is 30.6. The topological polar surface area (TPSA) is 25.8 Å². The summed E-state index contributed by atoms with van der Waals surface area (Å²) in [6, 6.07) is 61.9. The SMILES string of the molecule is C1=Cc2c(c(-c3cccc(-c4nc(-c5ccccc5)nc5c4-c4cccc6cccc-5c46)c3)c3ccccc3c2-c2cccc3cc4ccccc4cc23)CC1. The predicted octanol–water partition coefficient (Wildman–Crippen LogP) is 14.4. The fourth-order valence-corrected chi connectivity index (χ4v) is 9.59. The lowest BCUT2D eigenvalue weighted by molar-refractivity contribution is 0.991. The van der Waals surface area contributed by atoms with Gasteiger partial charge in [0, 0.05) is 22.3 Å². The molecule has 0 bridgehead atoms. The van der Waals surface area contributed by atoms with Crippen LogP contribution in [0.15, 0.2) is 176 Å². The maximum atomic E-state index is 5.42. The highest BCUT2D eigenvalue weighted by Gasteiger charge is 2.29. The molecule has 56 heavy (non-hydrogen) atoms. The molecule has 0 fully saturated rings. The Morgan fingerprint density at radius 1 is 0.393 bits per heavy atom. The van der Waals surface area contributed by atoms with Crippen LogP contribution in [0.3, 0.4) is 0 Å². The van der Waals surface area contributed by atoms with Crippen LogP contribution in [0.5, 0.6) is 0 Å². The first-order chi connectivity index (χ1) is 27.8. The fraction of sp³-hybridized carbons (Fsp3) is 0.0370. The van der Waals surface area contributed by atoms with E-state index in [1.807, 2.05) is 6.07 Å². The average molecular weight is 711 g/mol. The van der Waals surface area contributed by atoms with E-state index in [0.717, 1.165) is 46.7 Å². The van der Waals surface area contributed by atoms with Crippen LogP contribution in [0.1, 0.15) is 17.5 Å². The summed E-state index contributed by atoms with van der Waals surface area (Å²) >= 11 is 0. The van der Waals surface area contributed by atoms with E-state index in [1.165, 1.54) is 87.6 Å². The van der Waals surface area contributed by atoms with Gasteiger partial charge in [-0.2, -0.15) is 0 Å². The minimum atomic E-state index is 0.745. The monoisotopic (exact) mass is 710 g/mol. The molecule has 0 atom stereocenters. The normalized spacial score (nSPS) is 12.8. The Morgan fingerprint density at radius 3 is 1.86 bits per heavy atom. The van der Waals surface area contributed by atoms with Crippen molar-refractivity contribution in [2.45, 2.75) is 12.8 Å². The summed E-state index contributed by atoms with van der Waals surface area (Å²) in [5.41, 5.74) is 15.4. The number of rotatable bonds is 4. The number of benzene rings is 9. The molecule has 2 heteroatoms. The quantitative estimate of drug-likeness (QED) is 0.170. The number of fused-ring (bicyclic) bond motifs is 7. The van der Waals surface area contributed by atoms with Crippen molar-refractivity contribution in [3.63, 3.8) is 0 Å². The summed E-state index contributed by atoms with van der Waals surface area (Å²) in [5.74, 6) is 0.745. The van der Waals surface area contributed by atoms with Gasteiger partial charge in [-0.1, -0.05) is 164 Å². The van der Waals surface area contributed by atoms with E-state index in [-0.39, 0.29) is 0 Å². The second-order valence-corrected chi connectivity index (χ2v) is 15.1. The van der Waals surface area contributed by atoms with Crippen molar-refractivity contribution in [3.8, 4) is 67.3 Å². The van der Waals surface area contributed by atoms with E-state index >= 15 is 0 Å². The molecule has 1 aromatic heterocycles. The van der Waals surface area contributed by atoms with Gasteiger partial charge in [-0.3, -0.25) is 0 Å². The number of allylic oxidation sites excluding steroid dienone is 1. The second kappa shape index (κ2) is 12.2. The third-order valence-corrected chi connectivity index (χ3v) is 12.0. The molecular weight excluding hydrogens is 677 g/mol. The van der Waals surface area contributed by atoms with Gasteiger partial charge in [0.05, 0.1) is 11.4 Å². The molecule has 2 aliphatic rings. The maximum absolute atomic E-state index is 5.42. The third-order valence-electron chi connectivity index (χ3n) is 12.0. The van der Waals surface area contributed by atoms with Gasteiger partial charge in [-0.25, -0.2) is 9.97 Å². The molecule has 0 saturated carbocycles. The maximum Gasteiger partial charge on any atom is 0.160 e. The van der Waals surface area contributed by atoms with Crippen LogP contribution < -0.4 is 0 Å². The van der Waals surface area contributed by atoms with Gasteiger partial charge in [0.1, 0.15) is 0 Å². The van der Waals surface area contributed by atoms with Gasteiger partial charge in [0.15, 0.2) is 5.82 Å². The molecular formula is C54H34N2.